The van der Waals surface area contributed by atoms with E-state index in [1.54, 1.807) is 27.0 Å². The van der Waals surface area contributed by atoms with Gasteiger partial charge in [-0.2, -0.15) is 0 Å². The maximum atomic E-state index is 14.7. The van der Waals surface area contributed by atoms with Gasteiger partial charge in [-0.05, 0) is 125 Å². The molecule has 3 aliphatic heterocycles. The largest absolute Gasteiger partial charge is 0.514 e. The number of cyclic esters (lactones) is 1. The zero-order valence-electron chi connectivity index (χ0n) is 46.7. The summed E-state index contributed by atoms with van der Waals surface area (Å²) in [6, 6.07) is 3.26. The van der Waals surface area contributed by atoms with E-state index < -0.39 is 107 Å². The molecule has 0 aromatic heterocycles. The Labute approximate surface area is 454 Å². The zero-order chi connectivity index (χ0) is 56.7. The van der Waals surface area contributed by atoms with Crippen molar-refractivity contribution < 1.29 is 72.3 Å². The summed E-state index contributed by atoms with van der Waals surface area (Å²) in [5, 5.41) is 34.7. The number of ether oxygens (including phenoxy) is 7. The number of nitro benzene ring substituents is 1. The number of esters is 1. The van der Waals surface area contributed by atoms with Crippen LogP contribution in [-0.2, 0) is 47.6 Å². The Kier molecular flexibility index (Phi) is 23.8. The molecular formula is C58H85N3O16. The number of aliphatic hydroxyl groups excluding tert-OH is 1. The second-order valence-electron chi connectivity index (χ2n) is 22.1. The van der Waals surface area contributed by atoms with Crippen molar-refractivity contribution in [1.82, 2.24) is 4.90 Å². The molecule has 3 heterocycles. The topological polar surface area (TPSA) is 263 Å². The van der Waals surface area contributed by atoms with Gasteiger partial charge < -0.3 is 54.0 Å². The summed E-state index contributed by atoms with van der Waals surface area (Å²) < 4.78 is 41.0. The maximum absolute atomic E-state index is 14.7. The highest BCUT2D eigenvalue weighted by atomic mass is 16.7. The lowest BCUT2D eigenvalue weighted by Crippen LogP contribution is -2.61. The van der Waals surface area contributed by atoms with Gasteiger partial charge in [0.1, 0.15) is 36.2 Å². The van der Waals surface area contributed by atoms with Crippen molar-refractivity contribution >= 4 is 35.3 Å². The van der Waals surface area contributed by atoms with Gasteiger partial charge in [-0.15, -0.1) is 0 Å². The van der Waals surface area contributed by atoms with Crippen molar-refractivity contribution in [3.63, 3.8) is 0 Å². The summed E-state index contributed by atoms with van der Waals surface area (Å²) >= 11 is 0. The highest BCUT2D eigenvalue weighted by Crippen LogP contribution is 2.38. The molecule has 2 bridgehead atoms. The lowest BCUT2D eigenvalue weighted by atomic mass is 9.78. The van der Waals surface area contributed by atoms with E-state index in [1.807, 2.05) is 65.0 Å². The average molecular weight is 1080 g/mol. The number of aliphatic hydroxyl groups is 2. The van der Waals surface area contributed by atoms with Crippen LogP contribution in [0.3, 0.4) is 0 Å². The molecule has 428 valence electrons. The second-order valence-corrected chi connectivity index (χ2v) is 22.1. The molecule has 1 aliphatic carbocycles. The number of nitrogens with zero attached hydrogens (tertiary/aromatic N) is 2. The maximum Gasteiger partial charge on any atom is 0.514 e. The van der Waals surface area contributed by atoms with E-state index in [1.165, 1.54) is 43.4 Å². The average Bonchev–Trinajstić information content (AvgIpc) is 3.41. The number of methoxy groups -OCH3 is 3. The molecule has 0 radical (unpaired) electrons. The molecule has 5 rings (SSSR count). The third kappa shape index (κ3) is 16.9. The van der Waals surface area contributed by atoms with Gasteiger partial charge in [0.2, 0.25) is 5.79 Å². The number of carbonyl (C=O) groups excluding carboxylic acids is 5. The number of rotatable bonds is 9. The predicted molar refractivity (Wildman–Crippen MR) is 286 cm³/mol. The first kappa shape index (κ1) is 62.7. The number of piperidine rings is 1. The lowest BCUT2D eigenvalue weighted by molar-refractivity contribution is -0.384. The van der Waals surface area contributed by atoms with E-state index in [0.717, 1.165) is 5.57 Å². The molecule has 19 nitrogen and oxygen atoms in total. The molecule has 0 unspecified atom stereocenters. The monoisotopic (exact) mass is 1080 g/mol. The van der Waals surface area contributed by atoms with Crippen molar-refractivity contribution in [2.75, 3.05) is 27.9 Å². The smallest absolute Gasteiger partial charge is 0.460 e. The van der Waals surface area contributed by atoms with Gasteiger partial charge in [-0.3, -0.25) is 24.5 Å². The summed E-state index contributed by atoms with van der Waals surface area (Å²) in [4.78, 5) is 81.9. The number of non-ortho nitro benzene ring substituents is 1. The fourth-order valence-corrected chi connectivity index (χ4v) is 11.3. The van der Waals surface area contributed by atoms with Crippen molar-refractivity contribution in [2.24, 2.45) is 41.2 Å². The van der Waals surface area contributed by atoms with Crippen molar-refractivity contribution in [1.29, 1.82) is 0 Å². The van der Waals surface area contributed by atoms with Gasteiger partial charge in [-0.25, -0.2) is 9.59 Å². The first-order valence-electron chi connectivity index (χ1n) is 27.4. The molecule has 0 spiro atoms. The minimum Gasteiger partial charge on any atom is -0.460 e. The van der Waals surface area contributed by atoms with Crippen LogP contribution in [0, 0.1) is 45.6 Å². The lowest BCUT2D eigenvalue weighted by Gasteiger charge is -2.43. The van der Waals surface area contributed by atoms with Gasteiger partial charge in [-0.1, -0.05) is 71.1 Å². The Hall–Kier alpha value is -5.15. The van der Waals surface area contributed by atoms with Crippen LogP contribution < -0.4 is 10.5 Å². The number of carbonyl (C=O) groups is 5. The summed E-state index contributed by atoms with van der Waals surface area (Å²) in [5.41, 5.74) is 8.18. The minimum atomic E-state index is -2.45. The number of fused-ring (bicyclic) bond motifs is 3. The number of benzene rings is 1. The number of hydrogen-bond donors (Lipinski definition) is 3. The number of nitro groups is 1. The van der Waals surface area contributed by atoms with Crippen LogP contribution in [-0.4, -0.2) is 138 Å². The highest BCUT2D eigenvalue weighted by Gasteiger charge is 2.53. The van der Waals surface area contributed by atoms with Crippen LogP contribution in [0.15, 0.2) is 71.9 Å². The Balaban J connectivity index is 1.42. The van der Waals surface area contributed by atoms with Crippen LogP contribution in [0.2, 0.25) is 0 Å². The van der Waals surface area contributed by atoms with Gasteiger partial charge in [0.05, 0.1) is 23.2 Å². The summed E-state index contributed by atoms with van der Waals surface area (Å²) in [7, 11) is 4.49. The first-order chi connectivity index (χ1) is 36.5. The van der Waals surface area contributed by atoms with Crippen LogP contribution in [0.4, 0.5) is 10.5 Å². The Morgan fingerprint density at radius 1 is 0.883 bits per heavy atom. The Bertz CT molecular complexity index is 2300. The molecular weight excluding hydrogens is 995 g/mol. The van der Waals surface area contributed by atoms with E-state index in [0.29, 0.717) is 69.8 Å². The molecule has 19 heteroatoms. The Morgan fingerprint density at radius 2 is 1.60 bits per heavy atom. The van der Waals surface area contributed by atoms with E-state index >= 15 is 0 Å². The van der Waals surface area contributed by atoms with Crippen molar-refractivity contribution in [3.8, 4) is 5.75 Å². The van der Waals surface area contributed by atoms with Crippen molar-refractivity contribution in [3.05, 3.63) is 82.0 Å². The Morgan fingerprint density at radius 3 is 2.26 bits per heavy atom. The first-order valence-corrected chi connectivity index (χ1v) is 27.4. The number of nitrogens with two attached hydrogens (primary N) is 1. The van der Waals surface area contributed by atoms with Crippen LogP contribution >= 0.6 is 0 Å². The highest BCUT2D eigenvalue weighted by molar-refractivity contribution is 6.39. The third-order valence-electron chi connectivity index (χ3n) is 16.2. The summed E-state index contributed by atoms with van der Waals surface area (Å²) in [6.07, 6.45) is 10.1. The second kappa shape index (κ2) is 29.2. The molecule has 3 fully saturated rings. The molecule has 2 saturated heterocycles. The number of hydrogen-bond acceptors (Lipinski definition) is 17. The quantitative estimate of drug-likeness (QED) is 0.0527. The number of amides is 1. The van der Waals surface area contributed by atoms with E-state index in [9.17, 15) is 44.3 Å². The van der Waals surface area contributed by atoms with Crippen LogP contribution in [0.5, 0.6) is 5.75 Å². The SMILES string of the molecule is CO[C@H]1C[C@@H]2CC[C@@H](C)[C@@](O)(O2)C(=O)C(=O)N2CCCC[C@H]2C(=O)O[C@H]([C@H](C)C[C@@H]2CC[C@@H](OC(=O)Oc3ccc([N+](=O)[O-])cc3)[C@H](OC)C2)C[C@H](N)[C@H](C)/C=C(\C)[C@@H](O)[C@@H](OC)C(=O)[C@H](C)C[C@H](C)/C=C/C=C/C=C/1C. The number of allylic oxidation sites excluding steroid dienone is 5. The standard InChI is InChI=1S/C58H85N3O16/c1-34-16-12-11-13-17-35(2)48(71-8)32-44-23-19-40(7)58(68,77-44)54(64)55(65)60-27-15-14-18-46(60)56(66)75-49(33-45(59)36(3)29-39(6)52(63)53(73-10)51(62)38(5)28-34)37(4)30-41-20-26-47(50(31-41)72-9)76-57(67)74-43-24-21-42(22-25-43)61(69)70/h11-13,16-17,21-22,24-25,29,34,36-38,40-41,44-50,52-53,63,68H,14-15,18-20,23,26-28,30-33,59H2,1-10H3/b13-11+,16-12+,35-17+,39-29+/t34-,36-,37-,38-,40-,41+,44+,45+,46+,47-,48+,49+,50-,52-,53+,58-/m1/s1. The van der Waals surface area contributed by atoms with Gasteiger partial charge in [0.25, 0.3) is 17.4 Å². The normalized spacial score (nSPS) is 36.7. The minimum absolute atomic E-state index is 0.00743. The summed E-state index contributed by atoms with van der Waals surface area (Å²) in [6.45, 7) is 13.0. The molecule has 4 aliphatic rings. The van der Waals surface area contributed by atoms with Gasteiger partial charge in [0, 0.05) is 70.7 Å². The molecule has 1 aromatic rings. The molecule has 1 aromatic carbocycles. The van der Waals surface area contributed by atoms with Gasteiger partial charge >= 0.3 is 12.1 Å². The van der Waals surface area contributed by atoms with Crippen LogP contribution in [0.1, 0.15) is 126 Å². The predicted octanol–water partition coefficient (Wildman–Crippen LogP) is 8.07. The van der Waals surface area contributed by atoms with E-state index in [-0.39, 0.29) is 54.4 Å². The number of ketones is 2. The fourth-order valence-electron chi connectivity index (χ4n) is 11.3. The fraction of sp³-hybridized carbons (Fsp3) is 0.672. The number of Topliss-reactive ketones (excluding diaryl/α,β-unsaturated/α-hetero) is 2. The zero-order valence-corrected chi connectivity index (χ0v) is 46.7. The van der Waals surface area contributed by atoms with Crippen LogP contribution in [0.25, 0.3) is 0 Å². The molecule has 77 heavy (non-hydrogen) atoms. The van der Waals surface area contributed by atoms with Gasteiger partial charge in [0.15, 0.2) is 5.78 Å². The van der Waals surface area contributed by atoms with Crippen molar-refractivity contribution in [2.45, 2.75) is 186 Å². The molecule has 16 atom stereocenters. The summed E-state index contributed by atoms with van der Waals surface area (Å²) in [5.74, 6) is -7.38. The van der Waals surface area contributed by atoms with E-state index in [2.05, 4.69) is 0 Å². The molecule has 1 saturated carbocycles. The van der Waals surface area contributed by atoms with E-state index in [4.69, 9.17) is 38.9 Å². The molecule has 1 amide bonds. The molecule has 4 N–H and O–H groups in total. The third-order valence-corrected chi connectivity index (χ3v) is 16.2.